The number of fused-ring (bicyclic) bond motifs is 8. The third kappa shape index (κ3) is 13.2. The van der Waals surface area contributed by atoms with E-state index in [-0.39, 0.29) is 84.5 Å². The van der Waals surface area contributed by atoms with Crippen molar-refractivity contribution in [2.24, 2.45) is 5.92 Å². The molecule has 422 valence electrons. The molecule has 2 unspecified atom stereocenters. The number of carbonyl (C=O) groups excluding carboxylic acids is 6. The molecule has 0 radical (unpaired) electrons. The minimum absolute atomic E-state index is 0.0540. The average molecular weight is 1120 g/mol. The third-order valence-corrected chi connectivity index (χ3v) is 19.9. The summed E-state index contributed by atoms with van der Waals surface area (Å²) in [7, 11) is 4.98. The summed E-state index contributed by atoms with van der Waals surface area (Å²) < 4.78 is 18.7. The summed E-state index contributed by atoms with van der Waals surface area (Å²) >= 11 is 0. The molecule has 16 heteroatoms. The Morgan fingerprint density at radius 1 is 0.762 bits per heavy atom. The molecular formula is C64H74N4O10S2. The van der Waals surface area contributed by atoms with E-state index >= 15 is 0 Å². The van der Waals surface area contributed by atoms with E-state index in [0.29, 0.717) is 88.1 Å². The van der Waals surface area contributed by atoms with Gasteiger partial charge in [-0.25, -0.2) is 0 Å². The normalized spacial score (nSPS) is 18.2. The van der Waals surface area contributed by atoms with E-state index in [0.717, 1.165) is 47.3 Å². The topological polar surface area (TPSA) is 181 Å². The molecule has 4 aliphatic rings. The van der Waals surface area contributed by atoms with Crippen LogP contribution in [0, 0.1) is 12.8 Å². The SMILES string of the molecule is CCC(=O)CCC(C)SSC(C)(C)CCC(=O)N[C@@H](C)C(=O)C[C@@H](C)C(=O)Nc1cc(COc2cc3c(cc2C)C(=O)N2c4ccccc4C[C@H]2C(O)C3)cc(COc2cc3c(cc2OC)C(=O)N2c4ccccc4C[C@H]2CC3)c1. The van der Waals surface area contributed by atoms with Crippen molar-refractivity contribution < 1.29 is 48.1 Å². The first-order valence-corrected chi connectivity index (χ1v) is 30.2. The highest BCUT2D eigenvalue weighted by Gasteiger charge is 2.42. The maximum absolute atomic E-state index is 14.2. The second kappa shape index (κ2) is 25.0. The Labute approximate surface area is 477 Å². The summed E-state index contributed by atoms with van der Waals surface area (Å²) in [6.45, 7) is 13.5. The molecule has 14 nitrogen and oxygen atoms in total. The lowest BCUT2D eigenvalue weighted by molar-refractivity contribution is -0.129. The standard InChI is InChI=1S/C64H74N4O10S2/c1-9-49(69)21-18-39(4)79-80-64(6,7)23-22-60(72)65-40(5)55(70)25-38(3)61(73)66-47-27-41(35-77-57-33-46-31-56(71)54-30-45-15-11-13-17-53(45)68(54)63(75)50(46)24-37(57)2)26-42(28-47)36-78-59-32-43-19-20-48-29-44-14-10-12-16-52(44)67(48)62(74)51(43)34-58(59)76-8/h10-17,24,26-28,32-34,38-40,48,54,56,71H,9,18-23,25,29-31,35-36H2,1-8H3,(H,65,72)(H,66,73)/t38-,39?,40+,48-,54+,56?/m1/s1. The lowest BCUT2D eigenvalue weighted by atomic mass is 9.96. The molecule has 4 amide bonds. The van der Waals surface area contributed by atoms with Gasteiger partial charge in [0.2, 0.25) is 11.8 Å². The number of amides is 4. The van der Waals surface area contributed by atoms with Crippen molar-refractivity contribution in [2.75, 3.05) is 22.2 Å². The van der Waals surface area contributed by atoms with E-state index in [4.69, 9.17) is 14.2 Å². The Hall–Kier alpha value is -6.62. The number of aryl methyl sites for hydroxylation is 2. The van der Waals surface area contributed by atoms with Crippen LogP contribution in [0.2, 0.25) is 0 Å². The average Bonchev–Trinajstić information content (AvgIpc) is 4.10. The Bertz CT molecular complexity index is 3200. The fourth-order valence-corrected chi connectivity index (χ4v) is 13.9. The van der Waals surface area contributed by atoms with Crippen LogP contribution in [0.15, 0.2) is 91.0 Å². The van der Waals surface area contributed by atoms with Crippen LogP contribution in [0.4, 0.5) is 17.1 Å². The van der Waals surface area contributed by atoms with E-state index in [1.54, 1.807) is 53.5 Å². The summed E-state index contributed by atoms with van der Waals surface area (Å²) in [5.74, 6) is -0.180. The van der Waals surface area contributed by atoms with E-state index in [9.17, 15) is 33.9 Å². The number of methoxy groups -OCH3 is 1. The highest BCUT2D eigenvalue weighted by Crippen LogP contribution is 2.44. The van der Waals surface area contributed by atoms with Crippen molar-refractivity contribution in [1.29, 1.82) is 0 Å². The van der Waals surface area contributed by atoms with Gasteiger partial charge in [0.15, 0.2) is 17.3 Å². The molecule has 0 bridgehead atoms. The monoisotopic (exact) mass is 1120 g/mol. The quantitative estimate of drug-likeness (QED) is 0.0528. The lowest BCUT2D eigenvalue weighted by Gasteiger charge is -2.26. The lowest BCUT2D eigenvalue weighted by Crippen LogP contribution is -2.43. The van der Waals surface area contributed by atoms with E-state index < -0.39 is 18.1 Å². The fourth-order valence-electron chi connectivity index (χ4n) is 11.2. The molecular weight excluding hydrogens is 1050 g/mol. The van der Waals surface area contributed by atoms with Crippen LogP contribution in [-0.2, 0) is 58.1 Å². The first kappa shape index (κ1) is 58.0. The number of hydrogen-bond acceptors (Lipinski definition) is 12. The van der Waals surface area contributed by atoms with Crippen LogP contribution < -0.4 is 34.6 Å². The minimum atomic E-state index is -0.799. The number of ether oxygens (including phenoxy) is 3. The van der Waals surface area contributed by atoms with Crippen molar-refractivity contribution in [1.82, 2.24) is 5.32 Å². The molecule has 80 heavy (non-hydrogen) atoms. The number of Topliss-reactive ketones (excluding diaryl/α,β-unsaturated/α-hetero) is 2. The summed E-state index contributed by atoms with van der Waals surface area (Å²) in [6, 6.07) is 27.6. The number of benzene rings is 5. The van der Waals surface area contributed by atoms with Crippen molar-refractivity contribution in [3.63, 3.8) is 0 Å². The molecule has 5 aromatic carbocycles. The van der Waals surface area contributed by atoms with Gasteiger partial charge < -0.3 is 39.8 Å². The van der Waals surface area contributed by atoms with Crippen LogP contribution in [0.1, 0.15) is 146 Å². The molecule has 9 rings (SSSR count). The van der Waals surface area contributed by atoms with Gasteiger partial charge in [-0.1, -0.05) is 78.8 Å². The van der Waals surface area contributed by atoms with Gasteiger partial charge >= 0.3 is 0 Å². The maximum atomic E-state index is 14.2. The van der Waals surface area contributed by atoms with Gasteiger partial charge in [-0.05, 0) is 160 Å². The van der Waals surface area contributed by atoms with Gasteiger partial charge in [-0.2, -0.15) is 0 Å². The van der Waals surface area contributed by atoms with Crippen LogP contribution in [-0.4, -0.2) is 81.6 Å². The summed E-state index contributed by atoms with van der Waals surface area (Å²) in [6.07, 6.45) is 4.99. The first-order valence-electron chi connectivity index (χ1n) is 28.0. The largest absolute Gasteiger partial charge is 0.493 e. The predicted octanol–water partition coefficient (Wildman–Crippen LogP) is 11.3. The van der Waals surface area contributed by atoms with Gasteiger partial charge in [-0.3, -0.25) is 28.8 Å². The third-order valence-electron chi connectivity index (χ3n) is 15.9. The number of rotatable bonds is 23. The van der Waals surface area contributed by atoms with E-state index in [1.165, 1.54) is 5.56 Å². The first-order chi connectivity index (χ1) is 38.3. The van der Waals surface area contributed by atoms with Crippen LogP contribution >= 0.6 is 21.6 Å². The number of ketones is 2. The number of nitrogens with zero attached hydrogens (tertiary/aromatic N) is 2. The molecule has 0 aliphatic carbocycles. The van der Waals surface area contributed by atoms with Crippen LogP contribution in [0.3, 0.4) is 0 Å². The molecule has 0 saturated carbocycles. The fraction of sp³-hybridized carbons (Fsp3) is 0.438. The number of para-hydroxylation sites is 2. The number of carbonyl (C=O) groups is 6. The zero-order valence-corrected chi connectivity index (χ0v) is 48.8. The molecule has 0 saturated heterocycles. The zero-order chi connectivity index (χ0) is 57.0. The molecule has 5 aromatic rings. The highest BCUT2D eigenvalue weighted by atomic mass is 33.1. The number of hydrogen-bond donors (Lipinski definition) is 3. The maximum Gasteiger partial charge on any atom is 0.258 e. The number of nitrogens with one attached hydrogen (secondary N) is 2. The molecule has 3 N–H and O–H groups in total. The van der Waals surface area contributed by atoms with Crippen molar-refractivity contribution in [3.05, 3.63) is 141 Å². The molecule has 0 spiro atoms. The van der Waals surface area contributed by atoms with Gasteiger partial charge in [-0.15, -0.1) is 0 Å². The summed E-state index contributed by atoms with van der Waals surface area (Å²) in [5, 5.41) is 17.7. The summed E-state index contributed by atoms with van der Waals surface area (Å²) in [4.78, 5) is 84.4. The number of anilines is 3. The minimum Gasteiger partial charge on any atom is -0.493 e. The second-order valence-corrected chi connectivity index (χ2v) is 26.0. The summed E-state index contributed by atoms with van der Waals surface area (Å²) in [5.41, 5.74) is 9.22. The smallest absolute Gasteiger partial charge is 0.258 e. The van der Waals surface area contributed by atoms with Crippen LogP contribution in [0.25, 0.3) is 0 Å². The molecule has 0 fully saturated rings. The van der Waals surface area contributed by atoms with Crippen molar-refractivity contribution >= 4 is 73.8 Å². The highest BCUT2D eigenvalue weighted by molar-refractivity contribution is 8.77. The Kier molecular flexibility index (Phi) is 18.2. The molecule has 0 aromatic heterocycles. The van der Waals surface area contributed by atoms with Gasteiger partial charge in [0.05, 0.1) is 25.3 Å². The van der Waals surface area contributed by atoms with Gasteiger partial charge in [0.25, 0.3) is 11.8 Å². The van der Waals surface area contributed by atoms with Crippen LogP contribution in [0.5, 0.6) is 17.2 Å². The van der Waals surface area contributed by atoms with E-state index in [1.807, 2.05) is 97.6 Å². The van der Waals surface area contributed by atoms with Crippen molar-refractivity contribution in [2.45, 2.75) is 167 Å². The molecule has 4 heterocycles. The second-order valence-electron chi connectivity index (χ2n) is 22.6. The number of aliphatic hydroxyl groups is 1. The van der Waals surface area contributed by atoms with Crippen molar-refractivity contribution in [3.8, 4) is 17.2 Å². The number of aliphatic hydroxyl groups excluding tert-OH is 1. The predicted molar refractivity (Wildman–Crippen MR) is 316 cm³/mol. The Morgan fingerprint density at radius 3 is 2.10 bits per heavy atom. The zero-order valence-electron chi connectivity index (χ0n) is 47.1. The van der Waals surface area contributed by atoms with Gasteiger partial charge in [0, 0.05) is 82.2 Å². The Morgan fingerprint density at radius 2 is 1.40 bits per heavy atom. The molecule has 4 aliphatic heterocycles. The molecule has 6 atom stereocenters. The van der Waals surface area contributed by atoms with E-state index in [2.05, 4.69) is 37.5 Å². The Balaban J connectivity index is 0.887. The van der Waals surface area contributed by atoms with Gasteiger partial charge in [0.1, 0.15) is 24.7 Å².